The fraction of sp³-hybridized carbons (Fsp3) is 0.538. The summed E-state index contributed by atoms with van der Waals surface area (Å²) >= 11 is 0. The molecule has 0 aromatic heterocycles. The molecule has 1 saturated heterocycles. The first kappa shape index (κ1) is 11.4. The van der Waals surface area contributed by atoms with E-state index in [1.165, 1.54) is 6.07 Å². The molecule has 0 radical (unpaired) electrons. The van der Waals surface area contributed by atoms with Gasteiger partial charge in [0.1, 0.15) is 5.82 Å². The maximum atomic E-state index is 13.7. The number of hydrogen-bond acceptors (Lipinski definition) is 2. The lowest BCUT2D eigenvalue weighted by atomic mass is 10.1. The summed E-state index contributed by atoms with van der Waals surface area (Å²) in [5, 5.41) is 3.45. The van der Waals surface area contributed by atoms with Gasteiger partial charge in [-0.3, -0.25) is 0 Å². The molecule has 0 spiro atoms. The molecule has 2 unspecified atom stereocenters. The fourth-order valence-electron chi connectivity index (χ4n) is 2.22. The minimum atomic E-state index is -0.121. The van der Waals surface area contributed by atoms with Crippen molar-refractivity contribution in [2.24, 2.45) is 5.92 Å². The van der Waals surface area contributed by atoms with Crippen LogP contribution in [0.15, 0.2) is 24.3 Å². The highest BCUT2D eigenvalue weighted by molar-refractivity contribution is 5.48. The molecule has 2 rings (SSSR count). The van der Waals surface area contributed by atoms with Crippen LogP contribution in [0.4, 0.5) is 10.1 Å². The zero-order valence-electron chi connectivity index (χ0n) is 9.91. The van der Waals surface area contributed by atoms with Crippen molar-refractivity contribution in [1.29, 1.82) is 0 Å². The lowest BCUT2D eigenvalue weighted by molar-refractivity contribution is 0.525. The molecular formula is C13H19FN2. The van der Waals surface area contributed by atoms with E-state index in [9.17, 15) is 4.39 Å². The fourth-order valence-corrected chi connectivity index (χ4v) is 2.22. The number of halogens is 1. The molecule has 1 fully saturated rings. The van der Waals surface area contributed by atoms with Crippen LogP contribution in [0, 0.1) is 11.7 Å². The highest BCUT2D eigenvalue weighted by atomic mass is 19.1. The first-order chi connectivity index (χ1) is 7.66. The number of para-hydroxylation sites is 1. The normalized spacial score (nSPS) is 26.6. The monoisotopic (exact) mass is 222 g/mol. The van der Waals surface area contributed by atoms with Crippen molar-refractivity contribution < 1.29 is 4.39 Å². The Balaban J connectivity index is 2.21. The zero-order valence-corrected chi connectivity index (χ0v) is 9.91. The molecule has 0 aliphatic carbocycles. The second-order valence-electron chi connectivity index (χ2n) is 4.77. The Labute approximate surface area is 96.5 Å². The summed E-state index contributed by atoms with van der Waals surface area (Å²) in [5.41, 5.74) is 0.727. The summed E-state index contributed by atoms with van der Waals surface area (Å²) in [4.78, 5) is 2.14. The Bertz CT molecular complexity index is 342. The predicted octanol–water partition coefficient (Wildman–Crippen LogP) is 2.26. The van der Waals surface area contributed by atoms with Crippen LogP contribution in [0.25, 0.3) is 0 Å². The maximum Gasteiger partial charge on any atom is 0.146 e. The molecule has 1 heterocycles. The van der Waals surface area contributed by atoms with Gasteiger partial charge in [-0.1, -0.05) is 19.1 Å². The summed E-state index contributed by atoms with van der Waals surface area (Å²) in [5.74, 6) is 0.424. The van der Waals surface area contributed by atoms with Crippen LogP contribution in [-0.4, -0.2) is 25.7 Å². The van der Waals surface area contributed by atoms with Crippen molar-refractivity contribution in [3.8, 4) is 0 Å². The predicted molar refractivity (Wildman–Crippen MR) is 65.2 cm³/mol. The molecule has 88 valence electrons. The molecule has 0 saturated carbocycles. The minimum absolute atomic E-state index is 0.121. The lowest BCUT2D eigenvalue weighted by Gasteiger charge is -2.26. The Morgan fingerprint density at radius 3 is 2.75 bits per heavy atom. The van der Waals surface area contributed by atoms with Crippen molar-refractivity contribution >= 4 is 5.69 Å². The molecule has 0 bridgehead atoms. The molecular weight excluding hydrogens is 203 g/mol. The van der Waals surface area contributed by atoms with Gasteiger partial charge in [-0.2, -0.15) is 0 Å². The van der Waals surface area contributed by atoms with Crippen molar-refractivity contribution in [3.05, 3.63) is 30.1 Å². The third kappa shape index (κ3) is 2.53. The Kier molecular flexibility index (Phi) is 3.44. The van der Waals surface area contributed by atoms with Crippen LogP contribution in [0.1, 0.15) is 13.8 Å². The molecule has 1 N–H and O–H groups in total. The van der Waals surface area contributed by atoms with Gasteiger partial charge in [0.05, 0.1) is 5.69 Å². The van der Waals surface area contributed by atoms with E-state index in [1.807, 2.05) is 12.1 Å². The summed E-state index contributed by atoms with van der Waals surface area (Å²) in [7, 11) is 0. The lowest BCUT2D eigenvalue weighted by Crippen LogP contribution is -2.35. The van der Waals surface area contributed by atoms with Gasteiger partial charge in [0.25, 0.3) is 0 Å². The molecule has 1 aliphatic rings. The van der Waals surface area contributed by atoms with Crippen LogP contribution >= 0.6 is 0 Å². The number of nitrogens with zero attached hydrogens (tertiary/aromatic N) is 1. The molecule has 1 aliphatic heterocycles. The summed E-state index contributed by atoms with van der Waals surface area (Å²) in [6.07, 6.45) is 0. The van der Waals surface area contributed by atoms with E-state index in [-0.39, 0.29) is 5.82 Å². The van der Waals surface area contributed by atoms with Crippen molar-refractivity contribution in [3.63, 3.8) is 0 Å². The second kappa shape index (κ2) is 4.83. The quantitative estimate of drug-likeness (QED) is 0.784. The second-order valence-corrected chi connectivity index (χ2v) is 4.77. The van der Waals surface area contributed by atoms with E-state index < -0.39 is 0 Å². The van der Waals surface area contributed by atoms with E-state index in [4.69, 9.17) is 0 Å². The molecule has 2 nitrogen and oxygen atoms in total. The SMILES string of the molecule is CC1CNC(C)CN(c2ccccc2F)C1. The number of rotatable bonds is 1. The van der Waals surface area contributed by atoms with E-state index >= 15 is 0 Å². The molecule has 3 heteroatoms. The van der Waals surface area contributed by atoms with E-state index in [1.54, 1.807) is 6.07 Å². The Hall–Kier alpha value is -1.09. The molecule has 16 heavy (non-hydrogen) atoms. The van der Waals surface area contributed by atoms with Gasteiger partial charge >= 0.3 is 0 Å². The standard InChI is InChI=1S/C13H19FN2/c1-10-7-15-11(2)9-16(8-10)13-6-4-3-5-12(13)14/h3-6,10-11,15H,7-9H2,1-2H3. The Morgan fingerprint density at radius 1 is 1.25 bits per heavy atom. The van der Waals surface area contributed by atoms with Gasteiger partial charge in [-0.05, 0) is 31.5 Å². The smallest absolute Gasteiger partial charge is 0.146 e. The van der Waals surface area contributed by atoms with Crippen LogP contribution in [0.5, 0.6) is 0 Å². The average molecular weight is 222 g/mol. The van der Waals surface area contributed by atoms with E-state index in [0.717, 1.165) is 25.3 Å². The van der Waals surface area contributed by atoms with Gasteiger partial charge in [0.2, 0.25) is 0 Å². The van der Waals surface area contributed by atoms with E-state index in [2.05, 4.69) is 24.1 Å². The van der Waals surface area contributed by atoms with Crippen molar-refractivity contribution in [2.45, 2.75) is 19.9 Å². The van der Waals surface area contributed by atoms with Crippen LogP contribution < -0.4 is 10.2 Å². The summed E-state index contributed by atoms with van der Waals surface area (Å²) < 4.78 is 13.7. The van der Waals surface area contributed by atoms with Gasteiger partial charge in [0, 0.05) is 19.1 Å². The first-order valence-electron chi connectivity index (χ1n) is 5.89. The van der Waals surface area contributed by atoms with Crippen molar-refractivity contribution in [2.75, 3.05) is 24.5 Å². The maximum absolute atomic E-state index is 13.7. The number of anilines is 1. The molecule has 1 aromatic carbocycles. The molecule has 2 atom stereocenters. The van der Waals surface area contributed by atoms with Gasteiger partial charge < -0.3 is 10.2 Å². The Morgan fingerprint density at radius 2 is 2.00 bits per heavy atom. The molecule has 0 amide bonds. The third-order valence-electron chi connectivity index (χ3n) is 3.03. The first-order valence-corrected chi connectivity index (χ1v) is 5.89. The zero-order chi connectivity index (χ0) is 11.5. The number of hydrogen-bond donors (Lipinski definition) is 1. The van der Waals surface area contributed by atoms with Gasteiger partial charge in [0.15, 0.2) is 0 Å². The van der Waals surface area contributed by atoms with Crippen LogP contribution in [-0.2, 0) is 0 Å². The number of benzene rings is 1. The number of nitrogens with one attached hydrogen (secondary N) is 1. The topological polar surface area (TPSA) is 15.3 Å². The minimum Gasteiger partial charge on any atom is -0.367 e. The van der Waals surface area contributed by atoms with Gasteiger partial charge in [-0.15, -0.1) is 0 Å². The van der Waals surface area contributed by atoms with Crippen LogP contribution in [0.3, 0.4) is 0 Å². The van der Waals surface area contributed by atoms with Gasteiger partial charge in [-0.25, -0.2) is 4.39 Å². The molecule has 1 aromatic rings. The summed E-state index contributed by atoms with van der Waals surface area (Å²) in [6.45, 7) is 7.13. The van der Waals surface area contributed by atoms with Crippen LogP contribution in [0.2, 0.25) is 0 Å². The summed E-state index contributed by atoms with van der Waals surface area (Å²) in [6, 6.07) is 7.43. The highest BCUT2D eigenvalue weighted by Crippen LogP contribution is 2.21. The van der Waals surface area contributed by atoms with E-state index in [0.29, 0.717) is 12.0 Å². The highest BCUT2D eigenvalue weighted by Gasteiger charge is 2.20. The average Bonchev–Trinajstić information content (AvgIpc) is 2.41. The van der Waals surface area contributed by atoms with Crippen molar-refractivity contribution in [1.82, 2.24) is 5.32 Å². The largest absolute Gasteiger partial charge is 0.367 e. The third-order valence-corrected chi connectivity index (χ3v) is 3.03.